The Hall–Kier alpha value is -1.38. The van der Waals surface area contributed by atoms with E-state index in [-0.39, 0.29) is 24.0 Å². The lowest BCUT2D eigenvalue weighted by Gasteiger charge is -2.24. The van der Waals surface area contributed by atoms with E-state index in [1.54, 1.807) is 0 Å². The number of nitrogens with zero attached hydrogens (tertiary/aromatic N) is 4. The molecule has 6 nitrogen and oxygen atoms in total. The molecule has 1 saturated carbocycles. The lowest BCUT2D eigenvalue weighted by atomic mass is 9.96. The van der Waals surface area contributed by atoms with E-state index in [2.05, 4.69) is 30.2 Å². The zero-order valence-corrected chi connectivity index (χ0v) is 16.6. The maximum atomic E-state index is 4.33. The minimum absolute atomic E-state index is 0. The van der Waals surface area contributed by atoms with Gasteiger partial charge in [0, 0.05) is 32.3 Å². The van der Waals surface area contributed by atoms with Crippen molar-refractivity contribution in [3.8, 4) is 0 Å². The minimum atomic E-state index is 0. The summed E-state index contributed by atoms with van der Waals surface area (Å²) in [6, 6.07) is 6.55. The summed E-state index contributed by atoms with van der Waals surface area (Å²) in [4.78, 5) is 4.33. The molecule has 3 rings (SSSR count). The van der Waals surface area contributed by atoms with E-state index < -0.39 is 0 Å². The quantitative estimate of drug-likeness (QED) is 0.324. The second-order valence-corrected chi connectivity index (χ2v) is 6.13. The number of halogens is 1. The highest BCUT2D eigenvalue weighted by Gasteiger charge is 2.14. The lowest BCUT2D eigenvalue weighted by molar-refractivity contribution is 0.410. The fraction of sp³-hybridized carbons (Fsp3) is 0.588. The number of hydrogen-bond acceptors (Lipinski definition) is 3. The van der Waals surface area contributed by atoms with Gasteiger partial charge in [0.25, 0.3) is 0 Å². The number of pyridine rings is 1. The normalized spacial score (nSPS) is 16.0. The maximum Gasteiger partial charge on any atom is 0.191 e. The monoisotopic (exact) mass is 442 g/mol. The molecule has 0 amide bonds. The summed E-state index contributed by atoms with van der Waals surface area (Å²) in [6.45, 7) is 0.883. The molecule has 0 spiro atoms. The molecule has 0 aromatic carbocycles. The van der Waals surface area contributed by atoms with Crippen LogP contribution in [-0.4, -0.2) is 40.2 Å². The molecule has 1 aliphatic carbocycles. The number of aliphatic imine (C=N–C) groups is 1. The van der Waals surface area contributed by atoms with Gasteiger partial charge in [-0.25, -0.2) is 0 Å². The first kappa shape index (κ1) is 19.0. The summed E-state index contributed by atoms with van der Waals surface area (Å²) >= 11 is 0. The Bertz CT molecular complexity index is 647. The van der Waals surface area contributed by atoms with Crippen LogP contribution in [0.3, 0.4) is 0 Å². The maximum absolute atomic E-state index is 4.33. The molecule has 0 radical (unpaired) electrons. The van der Waals surface area contributed by atoms with Crippen LogP contribution in [0.1, 0.15) is 44.3 Å². The number of rotatable bonds is 5. The van der Waals surface area contributed by atoms with Gasteiger partial charge in [-0.15, -0.1) is 34.2 Å². The van der Waals surface area contributed by atoms with Gasteiger partial charge >= 0.3 is 0 Å². The summed E-state index contributed by atoms with van der Waals surface area (Å²) < 4.78 is 2.05. The van der Waals surface area contributed by atoms with Crippen molar-refractivity contribution in [1.82, 2.24) is 25.2 Å². The molecule has 0 unspecified atom stereocenters. The Labute approximate surface area is 160 Å². The number of aromatic nitrogens is 3. The van der Waals surface area contributed by atoms with Crippen molar-refractivity contribution < 1.29 is 0 Å². The first-order chi connectivity index (χ1) is 11.4. The molecule has 0 aliphatic heterocycles. The number of aryl methyl sites for hydroxylation is 1. The van der Waals surface area contributed by atoms with Crippen LogP contribution in [0.25, 0.3) is 5.65 Å². The second-order valence-electron chi connectivity index (χ2n) is 6.13. The second kappa shape index (κ2) is 9.80. The van der Waals surface area contributed by atoms with E-state index in [0.29, 0.717) is 6.04 Å². The van der Waals surface area contributed by atoms with Crippen LogP contribution in [0, 0.1) is 0 Å². The zero-order valence-electron chi connectivity index (χ0n) is 14.2. The molecule has 1 fully saturated rings. The van der Waals surface area contributed by atoms with Gasteiger partial charge in [-0.05, 0) is 31.4 Å². The van der Waals surface area contributed by atoms with Crippen LogP contribution in [-0.2, 0) is 6.42 Å². The first-order valence-electron chi connectivity index (χ1n) is 8.62. The molecule has 0 saturated heterocycles. The molecular formula is C17H27IN6. The standard InChI is InChI=1S/C17H26N6.HI/c1-18-17(20-14-8-3-2-4-9-14)19-12-7-11-16-22-21-15-10-5-6-13-23(15)16;/h5-6,10,13-14H,2-4,7-9,11-12H2,1H3,(H2,18,19,20);1H. The number of nitrogens with one attached hydrogen (secondary N) is 2. The summed E-state index contributed by atoms with van der Waals surface area (Å²) in [5, 5.41) is 15.4. The third-order valence-electron chi connectivity index (χ3n) is 4.42. The molecule has 132 valence electrons. The zero-order chi connectivity index (χ0) is 15.9. The Kier molecular flexibility index (Phi) is 7.74. The molecule has 2 N–H and O–H groups in total. The van der Waals surface area contributed by atoms with Crippen molar-refractivity contribution in [1.29, 1.82) is 0 Å². The van der Waals surface area contributed by atoms with Gasteiger partial charge < -0.3 is 10.6 Å². The topological polar surface area (TPSA) is 66.6 Å². The van der Waals surface area contributed by atoms with Crippen molar-refractivity contribution in [2.24, 2.45) is 4.99 Å². The minimum Gasteiger partial charge on any atom is -0.356 e. The van der Waals surface area contributed by atoms with E-state index in [1.165, 1.54) is 32.1 Å². The Balaban J connectivity index is 0.00000208. The van der Waals surface area contributed by atoms with E-state index in [1.807, 2.05) is 31.4 Å². The van der Waals surface area contributed by atoms with Crippen molar-refractivity contribution in [2.45, 2.75) is 51.0 Å². The van der Waals surface area contributed by atoms with Gasteiger partial charge in [0.1, 0.15) is 5.82 Å². The molecule has 2 heterocycles. The predicted molar refractivity (Wildman–Crippen MR) is 108 cm³/mol. The Morgan fingerprint density at radius 2 is 2.08 bits per heavy atom. The van der Waals surface area contributed by atoms with Gasteiger partial charge in [0.15, 0.2) is 11.6 Å². The largest absolute Gasteiger partial charge is 0.356 e. The Morgan fingerprint density at radius 3 is 2.88 bits per heavy atom. The Morgan fingerprint density at radius 1 is 1.25 bits per heavy atom. The first-order valence-corrected chi connectivity index (χ1v) is 8.62. The van der Waals surface area contributed by atoms with Gasteiger partial charge in [0.05, 0.1) is 0 Å². The van der Waals surface area contributed by atoms with Gasteiger partial charge in [-0.3, -0.25) is 9.39 Å². The van der Waals surface area contributed by atoms with Gasteiger partial charge in [-0.1, -0.05) is 25.3 Å². The van der Waals surface area contributed by atoms with E-state index in [0.717, 1.165) is 36.8 Å². The van der Waals surface area contributed by atoms with E-state index in [4.69, 9.17) is 0 Å². The van der Waals surface area contributed by atoms with Crippen molar-refractivity contribution in [3.63, 3.8) is 0 Å². The van der Waals surface area contributed by atoms with Crippen LogP contribution < -0.4 is 10.6 Å². The summed E-state index contributed by atoms with van der Waals surface area (Å²) in [5.41, 5.74) is 0.908. The van der Waals surface area contributed by atoms with Crippen molar-refractivity contribution in [2.75, 3.05) is 13.6 Å². The summed E-state index contributed by atoms with van der Waals surface area (Å²) in [5.74, 6) is 1.93. The van der Waals surface area contributed by atoms with Crippen LogP contribution in [0.4, 0.5) is 0 Å². The predicted octanol–water partition coefficient (Wildman–Crippen LogP) is 2.78. The van der Waals surface area contributed by atoms with Gasteiger partial charge in [0.2, 0.25) is 0 Å². The average Bonchev–Trinajstić information content (AvgIpc) is 3.02. The van der Waals surface area contributed by atoms with Gasteiger partial charge in [-0.2, -0.15) is 0 Å². The number of fused-ring (bicyclic) bond motifs is 1. The fourth-order valence-electron chi connectivity index (χ4n) is 3.15. The smallest absolute Gasteiger partial charge is 0.191 e. The molecule has 7 heteroatoms. The van der Waals surface area contributed by atoms with Crippen LogP contribution >= 0.6 is 24.0 Å². The van der Waals surface area contributed by atoms with Crippen LogP contribution in [0.5, 0.6) is 0 Å². The third kappa shape index (κ3) is 5.06. The molecule has 1 aliphatic rings. The summed E-state index contributed by atoms with van der Waals surface area (Å²) in [6.07, 6.45) is 10.5. The van der Waals surface area contributed by atoms with E-state index >= 15 is 0 Å². The third-order valence-corrected chi connectivity index (χ3v) is 4.42. The highest BCUT2D eigenvalue weighted by atomic mass is 127. The lowest BCUT2D eigenvalue weighted by Crippen LogP contribution is -2.44. The highest BCUT2D eigenvalue weighted by molar-refractivity contribution is 14.0. The van der Waals surface area contributed by atoms with Crippen LogP contribution in [0.2, 0.25) is 0 Å². The average molecular weight is 442 g/mol. The molecule has 0 bridgehead atoms. The molecule has 24 heavy (non-hydrogen) atoms. The fourth-order valence-corrected chi connectivity index (χ4v) is 3.15. The molecule has 0 atom stereocenters. The molecule has 2 aromatic heterocycles. The molecular weight excluding hydrogens is 415 g/mol. The SMILES string of the molecule is CN=C(NCCCc1nnc2ccccn12)NC1CCCCC1.I. The van der Waals surface area contributed by atoms with E-state index in [9.17, 15) is 0 Å². The number of hydrogen-bond donors (Lipinski definition) is 2. The molecule has 2 aromatic rings. The van der Waals surface area contributed by atoms with Crippen molar-refractivity contribution >= 4 is 35.6 Å². The highest BCUT2D eigenvalue weighted by Crippen LogP contribution is 2.17. The van der Waals surface area contributed by atoms with Crippen LogP contribution in [0.15, 0.2) is 29.4 Å². The summed E-state index contributed by atoms with van der Waals surface area (Å²) in [7, 11) is 1.84. The number of guanidine groups is 1. The van der Waals surface area contributed by atoms with Crippen molar-refractivity contribution in [3.05, 3.63) is 30.2 Å².